The number of hydrogen-bond donors (Lipinski definition) is 0. The monoisotopic (exact) mass is 518 g/mol. The van der Waals surface area contributed by atoms with E-state index >= 15 is 0 Å². The highest BCUT2D eigenvalue weighted by Gasteiger charge is 2.32. The lowest BCUT2D eigenvalue weighted by atomic mass is 9.72. The summed E-state index contributed by atoms with van der Waals surface area (Å²) < 4.78 is 6.87. The Bertz CT molecular complexity index is 1470. The number of ether oxygens (including phenoxy) is 1. The molecule has 2 aromatic heterocycles. The minimum atomic E-state index is -0.0442. The van der Waals surface area contributed by atoms with Crippen molar-refractivity contribution in [3.05, 3.63) is 81.0 Å². The summed E-state index contributed by atoms with van der Waals surface area (Å²) in [6.45, 7) is 6.89. The summed E-state index contributed by atoms with van der Waals surface area (Å²) in [6, 6.07) is 16.7. The molecule has 0 amide bonds. The fraction of sp³-hybridized carbons (Fsp3) is 0.345. The van der Waals surface area contributed by atoms with Crippen LogP contribution in [-0.4, -0.2) is 28.2 Å². The number of Topliss-reactive ketones (excluding diaryl/α,β-unsaturated/α-hetero) is 1. The average molecular weight is 519 g/mol. The van der Waals surface area contributed by atoms with E-state index in [1.54, 1.807) is 47.3 Å². The van der Waals surface area contributed by atoms with Crippen LogP contribution in [0.2, 0.25) is 0 Å². The van der Waals surface area contributed by atoms with Crippen molar-refractivity contribution in [3.8, 4) is 11.4 Å². The van der Waals surface area contributed by atoms with Crippen molar-refractivity contribution >= 4 is 39.1 Å². The third-order valence-electron chi connectivity index (χ3n) is 7.04. The first kappa shape index (κ1) is 24.8. The predicted octanol–water partition coefficient (Wildman–Crippen LogP) is 6.58. The molecular formula is C29H30N2O3S2. The number of carbonyl (C=O) groups excluding carboxylic acids is 1. The lowest BCUT2D eigenvalue weighted by Crippen LogP contribution is -2.27. The molecule has 2 aromatic carbocycles. The number of carbonyl (C=O) groups is 1. The van der Waals surface area contributed by atoms with Gasteiger partial charge in [-0.3, -0.25) is 14.2 Å². The number of thiophene rings is 1. The first-order valence-electron chi connectivity index (χ1n) is 12.2. The zero-order valence-corrected chi connectivity index (χ0v) is 22.7. The lowest BCUT2D eigenvalue weighted by Gasteiger charge is -2.33. The molecule has 186 valence electrons. The zero-order chi connectivity index (χ0) is 25.4. The standard InChI is InChI=1S/C29H30N2O3S2/c1-29(2,3)19-12-15-22-24(16-19)36-26-25(22)27(33)31(20-8-6-5-7-9-20)28(30-26)35-17-23(32)18-10-13-21(34-4)14-11-18/h5-11,13-14,19H,12,15-17H2,1-4H3. The summed E-state index contributed by atoms with van der Waals surface area (Å²) in [6.07, 6.45) is 2.98. The molecule has 0 saturated carbocycles. The summed E-state index contributed by atoms with van der Waals surface area (Å²) in [4.78, 5) is 33.9. The third kappa shape index (κ3) is 4.74. The first-order chi connectivity index (χ1) is 17.3. The highest BCUT2D eigenvalue weighted by molar-refractivity contribution is 7.99. The molecule has 1 unspecified atom stereocenters. The van der Waals surface area contributed by atoms with Crippen LogP contribution in [-0.2, 0) is 12.8 Å². The Morgan fingerprint density at radius 2 is 1.86 bits per heavy atom. The topological polar surface area (TPSA) is 61.2 Å². The minimum absolute atomic E-state index is 0.0184. The Morgan fingerprint density at radius 1 is 1.14 bits per heavy atom. The van der Waals surface area contributed by atoms with E-state index in [2.05, 4.69) is 20.8 Å². The molecule has 0 aliphatic heterocycles. The molecule has 7 heteroatoms. The summed E-state index contributed by atoms with van der Waals surface area (Å²) in [5.41, 5.74) is 2.73. The molecular weight excluding hydrogens is 488 g/mol. The fourth-order valence-electron chi connectivity index (χ4n) is 4.84. The van der Waals surface area contributed by atoms with Crippen molar-refractivity contribution in [1.82, 2.24) is 9.55 Å². The van der Waals surface area contributed by atoms with Crippen LogP contribution >= 0.6 is 23.1 Å². The van der Waals surface area contributed by atoms with Gasteiger partial charge in [-0.05, 0) is 72.6 Å². The normalized spacial score (nSPS) is 15.6. The summed E-state index contributed by atoms with van der Waals surface area (Å²) in [5.74, 6) is 1.47. The molecule has 36 heavy (non-hydrogen) atoms. The summed E-state index contributed by atoms with van der Waals surface area (Å²) >= 11 is 2.96. The van der Waals surface area contributed by atoms with E-state index in [0.29, 0.717) is 22.4 Å². The van der Waals surface area contributed by atoms with Gasteiger partial charge in [0.1, 0.15) is 10.6 Å². The van der Waals surface area contributed by atoms with Crippen LogP contribution in [0.3, 0.4) is 0 Å². The second kappa shape index (κ2) is 9.87. The highest BCUT2D eigenvalue weighted by Crippen LogP contribution is 2.42. The van der Waals surface area contributed by atoms with Crippen LogP contribution in [0.25, 0.3) is 15.9 Å². The molecule has 0 saturated heterocycles. The maximum Gasteiger partial charge on any atom is 0.267 e. The van der Waals surface area contributed by atoms with Crippen molar-refractivity contribution in [2.24, 2.45) is 11.3 Å². The number of aromatic nitrogens is 2. The lowest BCUT2D eigenvalue weighted by molar-refractivity contribution is 0.102. The molecule has 4 aromatic rings. The predicted molar refractivity (Wildman–Crippen MR) is 148 cm³/mol. The number of methoxy groups -OCH3 is 1. The molecule has 5 nitrogen and oxygen atoms in total. The Morgan fingerprint density at radius 3 is 2.53 bits per heavy atom. The number of fused-ring (bicyclic) bond motifs is 3. The number of nitrogens with zero attached hydrogens (tertiary/aromatic N) is 2. The van der Waals surface area contributed by atoms with Gasteiger partial charge in [0.2, 0.25) is 0 Å². The SMILES string of the molecule is COc1ccc(C(=O)CSc2nc3sc4c(c3c(=O)n2-c2ccccc2)CCC(C(C)(C)C)C4)cc1. The van der Waals surface area contributed by atoms with Gasteiger partial charge >= 0.3 is 0 Å². The van der Waals surface area contributed by atoms with E-state index in [1.807, 2.05) is 30.3 Å². The van der Waals surface area contributed by atoms with Crippen LogP contribution in [0.4, 0.5) is 0 Å². The third-order valence-corrected chi connectivity index (χ3v) is 9.12. The van der Waals surface area contributed by atoms with Gasteiger partial charge in [-0.25, -0.2) is 4.98 Å². The Hall–Kier alpha value is -2.90. The quantitative estimate of drug-likeness (QED) is 0.164. The number of para-hydroxylation sites is 1. The van der Waals surface area contributed by atoms with Crippen molar-refractivity contribution in [2.75, 3.05) is 12.9 Å². The average Bonchev–Trinajstić information content (AvgIpc) is 3.25. The van der Waals surface area contributed by atoms with Gasteiger partial charge in [0.05, 0.1) is 23.9 Å². The minimum Gasteiger partial charge on any atom is -0.497 e. The summed E-state index contributed by atoms with van der Waals surface area (Å²) in [7, 11) is 1.60. The van der Waals surface area contributed by atoms with Crippen LogP contribution in [0.5, 0.6) is 5.75 Å². The molecule has 0 N–H and O–H groups in total. The van der Waals surface area contributed by atoms with Gasteiger partial charge in [-0.2, -0.15) is 0 Å². The molecule has 0 bridgehead atoms. The Labute approximate surface area is 219 Å². The number of benzene rings is 2. The second-order valence-corrected chi connectivity index (χ2v) is 12.3. The van der Waals surface area contributed by atoms with Crippen LogP contribution in [0.1, 0.15) is 48.0 Å². The number of aryl methyl sites for hydroxylation is 1. The van der Waals surface area contributed by atoms with Gasteiger partial charge in [-0.1, -0.05) is 50.7 Å². The first-order valence-corrected chi connectivity index (χ1v) is 14.0. The molecule has 1 aliphatic carbocycles. The smallest absolute Gasteiger partial charge is 0.267 e. The van der Waals surface area contributed by atoms with Gasteiger partial charge in [0.25, 0.3) is 5.56 Å². The number of ketones is 1. The summed E-state index contributed by atoms with van der Waals surface area (Å²) in [5, 5.41) is 1.29. The van der Waals surface area contributed by atoms with Gasteiger partial charge in [0, 0.05) is 10.4 Å². The van der Waals surface area contributed by atoms with E-state index < -0.39 is 0 Å². The fourth-order valence-corrected chi connectivity index (χ4v) is 7.09. The molecule has 2 heterocycles. The highest BCUT2D eigenvalue weighted by atomic mass is 32.2. The number of rotatable bonds is 6. The Kier molecular flexibility index (Phi) is 6.79. The van der Waals surface area contributed by atoms with Crippen LogP contribution in [0.15, 0.2) is 64.5 Å². The van der Waals surface area contributed by atoms with E-state index in [-0.39, 0.29) is 22.5 Å². The van der Waals surface area contributed by atoms with Gasteiger partial charge in [-0.15, -0.1) is 11.3 Å². The molecule has 0 spiro atoms. The second-order valence-electron chi connectivity index (χ2n) is 10.3. The largest absolute Gasteiger partial charge is 0.497 e. The van der Waals surface area contributed by atoms with Crippen molar-refractivity contribution in [2.45, 2.75) is 45.2 Å². The maximum atomic E-state index is 14.0. The molecule has 0 fully saturated rings. The van der Waals surface area contributed by atoms with Crippen LogP contribution < -0.4 is 10.3 Å². The van der Waals surface area contributed by atoms with Crippen molar-refractivity contribution in [1.29, 1.82) is 0 Å². The van der Waals surface area contributed by atoms with E-state index in [0.717, 1.165) is 35.2 Å². The number of thioether (sulfide) groups is 1. The number of hydrogen-bond acceptors (Lipinski definition) is 6. The van der Waals surface area contributed by atoms with Crippen LogP contribution in [0, 0.1) is 11.3 Å². The van der Waals surface area contributed by atoms with Crippen molar-refractivity contribution < 1.29 is 9.53 Å². The molecule has 5 rings (SSSR count). The van der Waals surface area contributed by atoms with Gasteiger partial charge in [0.15, 0.2) is 10.9 Å². The van der Waals surface area contributed by atoms with E-state index in [4.69, 9.17) is 9.72 Å². The van der Waals surface area contributed by atoms with Crippen molar-refractivity contribution in [3.63, 3.8) is 0 Å². The molecule has 1 atom stereocenters. The van der Waals surface area contributed by atoms with E-state index in [9.17, 15) is 9.59 Å². The van der Waals surface area contributed by atoms with Gasteiger partial charge < -0.3 is 4.74 Å². The van der Waals surface area contributed by atoms with E-state index in [1.165, 1.54) is 22.2 Å². The maximum absolute atomic E-state index is 14.0. The Balaban J connectivity index is 1.54. The zero-order valence-electron chi connectivity index (χ0n) is 21.0. The molecule has 0 radical (unpaired) electrons. The molecule has 1 aliphatic rings.